The van der Waals surface area contributed by atoms with Gasteiger partial charge in [-0.1, -0.05) is 0 Å². The van der Waals surface area contributed by atoms with Crippen LogP contribution < -0.4 is 4.74 Å². The maximum absolute atomic E-state index is 13.9. The fourth-order valence-electron chi connectivity index (χ4n) is 3.75. The van der Waals surface area contributed by atoms with Crippen molar-refractivity contribution in [2.75, 3.05) is 20.7 Å². The van der Waals surface area contributed by atoms with E-state index in [9.17, 15) is 14.4 Å². The van der Waals surface area contributed by atoms with Crippen LogP contribution in [0.5, 0.6) is 11.6 Å². The van der Waals surface area contributed by atoms with E-state index in [2.05, 4.69) is 15.1 Å². The second-order valence-corrected chi connectivity index (χ2v) is 6.55. The molecule has 2 heterocycles. The molecule has 0 aliphatic carbocycles. The Morgan fingerprint density at radius 1 is 1.31 bits per heavy atom. The minimum absolute atomic E-state index is 0.0346. The zero-order valence-electron chi connectivity index (χ0n) is 14.5. The van der Waals surface area contributed by atoms with Gasteiger partial charge in [-0.25, -0.2) is 4.39 Å². The Labute approximate surface area is 149 Å². The first-order chi connectivity index (χ1) is 12.5. The van der Waals surface area contributed by atoms with Gasteiger partial charge in [0.2, 0.25) is 5.88 Å². The van der Waals surface area contributed by atoms with Crippen molar-refractivity contribution in [2.24, 2.45) is 5.18 Å². The lowest BCUT2D eigenvalue weighted by Gasteiger charge is -2.28. The molecule has 2 N–H and O–H groups in total. The molecule has 1 aliphatic rings. The maximum atomic E-state index is 13.9. The molecule has 0 atom stereocenters. The van der Waals surface area contributed by atoms with Gasteiger partial charge in [-0.05, 0) is 59.6 Å². The van der Waals surface area contributed by atoms with Crippen LogP contribution in [-0.2, 0) is 13.0 Å². The van der Waals surface area contributed by atoms with Crippen molar-refractivity contribution in [3.63, 3.8) is 0 Å². The van der Waals surface area contributed by atoms with E-state index in [4.69, 9.17) is 4.74 Å². The third-order valence-corrected chi connectivity index (χ3v) is 4.99. The molecule has 1 aliphatic heterocycles. The van der Waals surface area contributed by atoms with Crippen molar-refractivity contribution >= 4 is 16.6 Å². The van der Waals surface area contributed by atoms with Crippen LogP contribution in [0.15, 0.2) is 29.4 Å². The number of methoxy groups -OCH3 is 1. The number of hydrogen-bond acceptors (Lipinski definition) is 5. The topological polar surface area (TPSA) is 77.9 Å². The summed E-state index contributed by atoms with van der Waals surface area (Å²) in [6.07, 6.45) is 0.764. The average molecular weight is 357 g/mol. The molecule has 0 fully saturated rings. The highest BCUT2D eigenvalue weighted by atomic mass is 19.1. The van der Waals surface area contributed by atoms with Gasteiger partial charge in [-0.15, -0.1) is 4.91 Å². The predicted molar refractivity (Wildman–Crippen MR) is 97.4 cm³/mol. The molecule has 0 amide bonds. The third kappa shape index (κ3) is 2.43. The van der Waals surface area contributed by atoms with Crippen LogP contribution in [-0.4, -0.2) is 35.7 Å². The third-order valence-electron chi connectivity index (χ3n) is 4.99. The van der Waals surface area contributed by atoms with Gasteiger partial charge < -0.3 is 19.7 Å². The Balaban J connectivity index is 2.10. The number of halogens is 1. The number of nitroso groups, excluding NO2 is 1. The van der Waals surface area contributed by atoms with Gasteiger partial charge in [0.05, 0.1) is 12.6 Å². The van der Waals surface area contributed by atoms with Gasteiger partial charge in [0.15, 0.2) is 5.69 Å². The molecule has 134 valence electrons. The van der Waals surface area contributed by atoms with Crippen molar-refractivity contribution < 1.29 is 14.2 Å². The van der Waals surface area contributed by atoms with Crippen LogP contribution in [0.3, 0.4) is 0 Å². The van der Waals surface area contributed by atoms with Crippen molar-refractivity contribution in [1.82, 2.24) is 9.88 Å². The molecule has 0 radical (unpaired) electrons. The van der Waals surface area contributed by atoms with E-state index < -0.39 is 0 Å². The first kappa shape index (κ1) is 16.5. The standard InChI is InChI=1S/C19H18FN3O3/c1-23-6-5-11-12(13-7-10(20)3-4-16(13)26-2)8-14-17(15(11)9-23)21-19(24)18(14)22-25/h3-4,7-8,21,24H,5-6,9H2,1-2H3/i18+2. The van der Waals surface area contributed by atoms with Crippen LogP contribution in [0.2, 0.25) is 0 Å². The van der Waals surface area contributed by atoms with Gasteiger partial charge in [0.25, 0.3) is 0 Å². The normalized spacial score (nSPS) is 14.4. The lowest BCUT2D eigenvalue weighted by Crippen LogP contribution is -2.27. The molecule has 0 spiro atoms. The average Bonchev–Trinajstić information content (AvgIpc) is 2.96. The van der Waals surface area contributed by atoms with Crippen LogP contribution in [0.25, 0.3) is 22.0 Å². The second kappa shape index (κ2) is 6.10. The first-order valence-corrected chi connectivity index (χ1v) is 8.28. The van der Waals surface area contributed by atoms with Gasteiger partial charge in [-0.2, -0.15) is 0 Å². The number of aromatic nitrogens is 1. The lowest BCUT2D eigenvalue weighted by atomic mass is 9.89. The summed E-state index contributed by atoms with van der Waals surface area (Å²) in [5.74, 6) is -0.0748. The van der Waals surface area contributed by atoms with Crippen LogP contribution in [0.1, 0.15) is 11.1 Å². The number of hydrogen-bond donors (Lipinski definition) is 2. The Hall–Kier alpha value is -2.93. The highest BCUT2D eigenvalue weighted by Gasteiger charge is 2.25. The molecule has 7 heteroatoms. The number of nitrogens with one attached hydrogen (secondary N) is 1. The number of aromatic amines is 1. The lowest BCUT2D eigenvalue weighted by molar-refractivity contribution is 0.314. The van der Waals surface area contributed by atoms with Gasteiger partial charge >= 0.3 is 0 Å². The second-order valence-electron chi connectivity index (χ2n) is 6.55. The summed E-state index contributed by atoms with van der Waals surface area (Å²) in [6, 6.07) is 6.15. The molecule has 0 unspecified atom stereocenters. The molecule has 1 aromatic heterocycles. The van der Waals surface area contributed by atoms with Gasteiger partial charge in [-0.3, -0.25) is 0 Å². The largest absolute Gasteiger partial charge is 0.496 e. The number of ether oxygens (including phenoxy) is 1. The predicted octanol–water partition coefficient (Wildman–Crippen LogP) is 4.07. The van der Waals surface area contributed by atoms with E-state index >= 15 is 0 Å². The maximum Gasteiger partial charge on any atom is 0.219 e. The SMILES string of the molecule is COc1ccc(F)cc1-c1cc2c([nH]c(O)[14c]2N=O)c2c1CCN(C)C2. The summed E-state index contributed by atoms with van der Waals surface area (Å²) >= 11 is 0. The highest BCUT2D eigenvalue weighted by Crippen LogP contribution is 2.44. The Kier molecular flexibility index (Phi) is 3.88. The minimum atomic E-state index is -0.367. The molecule has 4 rings (SSSR count). The number of rotatable bonds is 3. The number of H-pyrrole nitrogens is 1. The minimum Gasteiger partial charge on any atom is -0.496 e. The van der Waals surface area contributed by atoms with Crippen molar-refractivity contribution in [3.05, 3.63) is 46.1 Å². The number of fused-ring (bicyclic) bond motifs is 3. The van der Waals surface area contributed by atoms with E-state index in [0.717, 1.165) is 29.7 Å². The van der Waals surface area contributed by atoms with E-state index in [1.54, 1.807) is 12.1 Å². The number of likely N-dealkylation sites (N-methyl/N-ethyl adjacent to an activating group) is 1. The first-order valence-electron chi connectivity index (χ1n) is 8.28. The van der Waals surface area contributed by atoms with Crippen LogP contribution >= 0.6 is 0 Å². The van der Waals surface area contributed by atoms with Crippen LogP contribution in [0, 0.1) is 10.7 Å². The zero-order chi connectivity index (χ0) is 18.4. The van der Waals surface area contributed by atoms with E-state index in [0.29, 0.717) is 28.8 Å². The summed E-state index contributed by atoms with van der Waals surface area (Å²) in [5.41, 5.74) is 4.10. The van der Waals surface area contributed by atoms with E-state index in [1.807, 2.05) is 7.05 Å². The summed E-state index contributed by atoms with van der Waals surface area (Å²) < 4.78 is 19.4. The summed E-state index contributed by atoms with van der Waals surface area (Å²) in [5, 5.41) is 13.6. The Morgan fingerprint density at radius 3 is 2.85 bits per heavy atom. The highest BCUT2D eigenvalue weighted by molar-refractivity contribution is 6.00. The van der Waals surface area contributed by atoms with Crippen LogP contribution in [0.4, 0.5) is 10.1 Å². The van der Waals surface area contributed by atoms with Crippen molar-refractivity contribution in [3.8, 4) is 22.8 Å². The molecular formula is C19H18FN3O3. The van der Waals surface area contributed by atoms with E-state index in [1.165, 1.54) is 19.2 Å². The van der Waals surface area contributed by atoms with E-state index in [-0.39, 0.29) is 17.4 Å². The molecule has 26 heavy (non-hydrogen) atoms. The Bertz CT molecular complexity index is 1030. The molecule has 0 saturated carbocycles. The molecule has 3 aromatic rings. The smallest absolute Gasteiger partial charge is 0.219 e. The molecular weight excluding hydrogens is 339 g/mol. The van der Waals surface area contributed by atoms with Crippen molar-refractivity contribution in [1.29, 1.82) is 0 Å². The fraction of sp³-hybridized carbons (Fsp3) is 0.263. The molecule has 2 aromatic carbocycles. The molecule has 0 saturated heterocycles. The number of benzene rings is 2. The van der Waals surface area contributed by atoms with Crippen molar-refractivity contribution in [2.45, 2.75) is 13.0 Å². The van der Waals surface area contributed by atoms with Gasteiger partial charge in [0.1, 0.15) is 11.6 Å². The molecule has 0 bridgehead atoms. The zero-order valence-corrected chi connectivity index (χ0v) is 14.5. The fourth-order valence-corrected chi connectivity index (χ4v) is 3.75. The quantitative estimate of drug-likeness (QED) is 0.693. The summed E-state index contributed by atoms with van der Waals surface area (Å²) in [4.78, 5) is 16.3. The number of nitrogens with zero attached hydrogens (tertiary/aromatic N) is 2. The Morgan fingerprint density at radius 2 is 2.12 bits per heavy atom. The molecule has 6 nitrogen and oxygen atoms in total. The monoisotopic (exact) mass is 357 g/mol. The van der Waals surface area contributed by atoms with Gasteiger partial charge in [0, 0.05) is 24.0 Å². The summed E-state index contributed by atoms with van der Waals surface area (Å²) in [7, 11) is 3.54. The number of aromatic hydroxyl groups is 1. The summed E-state index contributed by atoms with van der Waals surface area (Å²) in [6.45, 7) is 1.50.